The number of hydrogen-bond acceptors (Lipinski definition) is 5. The van der Waals surface area contributed by atoms with E-state index >= 15 is 0 Å². The molecule has 3 rings (SSSR count). The highest BCUT2D eigenvalue weighted by Gasteiger charge is 2.21. The van der Waals surface area contributed by atoms with Gasteiger partial charge in [-0.3, -0.25) is 4.79 Å². The summed E-state index contributed by atoms with van der Waals surface area (Å²) in [6.07, 6.45) is 3.24. The minimum absolute atomic E-state index is 0.0287. The Balaban J connectivity index is 2.09. The van der Waals surface area contributed by atoms with Gasteiger partial charge < -0.3 is 9.40 Å². The van der Waals surface area contributed by atoms with Crippen molar-refractivity contribution in [1.82, 2.24) is 9.97 Å². The predicted octanol–water partition coefficient (Wildman–Crippen LogP) is 4.92. The zero-order chi connectivity index (χ0) is 18.1. The van der Waals surface area contributed by atoms with Gasteiger partial charge in [0.2, 0.25) is 0 Å². The molecule has 0 bridgehead atoms. The summed E-state index contributed by atoms with van der Waals surface area (Å²) in [5.41, 5.74) is 4.48. The van der Waals surface area contributed by atoms with Gasteiger partial charge >= 0.3 is 0 Å². The van der Waals surface area contributed by atoms with Gasteiger partial charge in [0.25, 0.3) is 0 Å². The van der Waals surface area contributed by atoms with Crippen LogP contribution in [0.15, 0.2) is 22.8 Å². The third-order valence-electron chi connectivity index (χ3n) is 4.00. The molecule has 0 aliphatic carbocycles. The molecule has 0 amide bonds. The Morgan fingerprint density at radius 3 is 2.72 bits per heavy atom. The average Bonchev–Trinajstić information content (AvgIpc) is 3.25. The van der Waals surface area contributed by atoms with Gasteiger partial charge in [-0.25, -0.2) is 4.98 Å². The molecule has 0 radical (unpaired) electrons. The van der Waals surface area contributed by atoms with Gasteiger partial charge in [-0.15, -0.1) is 11.3 Å². The monoisotopic (exact) mass is 351 g/mol. The third-order valence-corrected chi connectivity index (χ3v) is 5.01. The maximum atomic E-state index is 11.9. The third kappa shape index (κ3) is 3.06. The van der Waals surface area contributed by atoms with Crippen molar-refractivity contribution in [2.24, 2.45) is 0 Å². The molecular formula is C19H17N3O2S. The number of aromatic amines is 1. The van der Waals surface area contributed by atoms with E-state index in [0.29, 0.717) is 21.9 Å². The zero-order valence-electron chi connectivity index (χ0n) is 14.4. The highest BCUT2D eigenvalue weighted by atomic mass is 32.1. The van der Waals surface area contributed by atoms with E-state index < -0.39 is 0 Å². The van der Waals surface area contributed by atoms with E-state index in [1.165, 1.54) is 11.3 Å². The van der Waals surface area contributed by atoms with E-state index in [-0.39, 0.29) is 5.78 Å². The number of thiazole rings is 1. The number of nitriles is 1. The summed E-state index contributed by atoms with van der Waals surface area (Å²) in [6, 6.07) is 5.74. The lowest BCUT2D eigenvalue weighted by molar-refractivity contribution is 0.101. The largest absolute Gasteiger partial charge is 0.465 e. The first kappa shape index (κ1) is 16.9. The number of furan rings is 1. The van der Waals surface area contributed by atoms with Gasteiger partial charge in [0, 0.05) is 22.2 Å². The molecule has 0 aliphatic rings. The summed E-state index contributed by atoms with van der Waals surface area (Å²) in [7, 11) is 0. The average molecular weight is 351 g/mol. The molecule has 5 nitrogen and oxygen atoms in total. The molecule has 0 aliphatic heterocycles. The Hall–Kier alpha value is -2.91. The lowest BCUT2D eigenvalue weighted by Crippen LogP contribution is -1.95. The molecule has 6 heteroatoms. The summed E-state index contributed by atoms with van der Waals surface area (Å²) >= 11 is 1.45. The lowest BCUT2D eigenvalue weighted by atomic mass is 10.1. The van der Waals surface area contributed by atoms with Crippen molar-refractivity contribution in [3.8, 4) is 17.5 Å². The first-order valence-electron chi connectivity index (χ1n) is 7.76. The number of rotatable bonds is 4. The van der Waals surface area contributed by atoms with Crippen molar-refractivity contribution in [2.75, 3.05) is 0 Å². The minimum Gasteiger partial charge on any atom is -0.465 e. The Labute approximate surface area is 149 Å². The molecule has 0 saturated heterocycles. The normalized spacial score (nSPS) is 11.6. The highest BCUT2D eigenvalue weighted by Crippen LogP contribution is 2.34. The minimum atomic E-state index is 0.0287. The quantitative estimate of drug-likeness (QED) is 0.534. The molecule has 0 atom stereocenters. The molecule has 1 N–H and O–H groups in total. The number of carbonyl (C=O) groups is 1. The molecule has 0 spiro atoms. The van der Waals surface area contributed by atoms with Gasteiger partial charge in [0.15, 0.2) is 5.78 Å². The summed E-state index contributed by atoms with van der Waals surface area (Å²) < 4.78 is 5.28. The molecule has 0 unspecified atom stereocenters. The van der Waals surface area contributed by atoms with E-state index in [9.17, 15) is 10.1 Å². The molecule has 126 valence electrons. The van der Waals surface area contributed by atoms with E-state index in [2.05, 4.69) is 16.0 Å². The zero-order valence-corrected chi connectivity index (χ0v) is 15.2. The van der Waals surface area contributed by atoms with Crippen LogP contribution < -0.4 is 0 Å². The summed E-state index contributed by atoms with van der Waals surface area (Å²) in [6.45, 7) is 7.32. The van der Waals surface area contributed by atoms with Crippen LogP contribution >= 0.6 is 11.3 Å². The van der Waals surface area contributed by atoms with Gasteiger partial charge in [0.05, 0.1) is 17.5 Å². The number of nitrogens with zero attached hydrogens (tertiary/aromatic N) is 2. The molecule has 3 aromatic heterocycles. The molecule has 25 heavy (non-hydrogen) atoms. The molecule has 3 aromatic rings. The number of carbonyl (C=O) groups excluding carboxylic acids is 1. The fourth-order valence-electron chi connectivity index (χ4n) is 2.92. The maximum Gasteiger partial charge on any atom is 0.161 e. The van der Waals surface area contributed by atoms with Crippen LogP contribution in [0.5, 0.6) is 0 Å². The fourth-order valence-corrected chi connectivity index (χ4v) is 3.80. The maximum absolute atomic E-state index is 11.9. The highest BCUT2D eigenvalue weighted by molar-refractivity contribution is 7.13. The molecular weight excluding hydrogens is 334 g/mol. The molecule has 0 saturated carbocycles. The van der Waals surface area contributed by atoms with Crippen LogP contribution in [0.3, 0.4) is 0 Å². The number of Topliss-reactive ketones (excluding diaryl/α,β-unsaturated/α-hetero) is 1. The molecule has 0 aromatic carbocycles. The van der Waals surface area contributed by atoms with Crippen molar-refractivity contribution in [3.63, 3.8) is 0 Å². The number of aryl methyl sites for hydroxylation is 2. The number of H-pyrrole nitrogens is 1. The Morgan fingerprint density at radius 2 is 2.16 bits per heavy atom. The lowest BCUT2D eigenvalue weighted by Gasteiger charge is -1.98. The number of allylic oxidation sites excluding steroid dienone is 1. The smallest absolute Gasteiger partial charge is 0.161 e. The molecule has 3 heterocycles. The number of aromatic nitrogens is 2. The second-order valence-corrected chi connectivity index (χ2v) is 6.99. The SMILES string of the molecule is CC(=O)c1c(C)[nH]c(-c2nc(/C(C#N)=C/c3ccco3)sc2C)c1C. The van der Waals surface area contributed by atoms with E-state index in [1.54, 1.807) is 31.4 Å². The van der Waals surface area contributed by atoms with Crippen LogP contribution in [0.25, 0.3) is 23.0 Å². The second kappa shape index (κ2) is 6.54. The van der Waals surface area contributed by atoms with Crippen molar-refractivity contribution >= 4 is 28.8 Å². The van der Waals surface area contributed by atoms with Gasteiger partial charge in [-0.2, -0.15) is 5.26 Å². The Bertz CT molecular complexity index is 1010. The van der Waals surface area contributed by atoms with Crippen LogP contribution in [-0.2, 0) is 0 Å². The second-order valence-electron chi connectivity index (χ2n) is 5.79. The van der Waals surface area contributed by atoms with Crippen LogP contribution in [0.4, 0.5) is 0 Å². The van der Waals surface area contributed by atoms with Crippen molar-refractivity contribution < 1.29 is 9.21 Å². The van der Waals surface area contributed by atoms with Crippen LogP contribution in [0.1, 0.15) is 44.2 Å². The number of ketones is 1. The van der Waals surface area contributed by atoms with Gasteiger partial charge in [0.1, 0.15) is 22.5 Å². The van der Waals surface area contributed by atoms with Crippen molar-refractivity contribution in [2.45, 2.75) is 27.7 Å². The van der Waals surface area contributed by atoms with E-state index in [0.717, 1.165) is 27.5 Å². The van der Waals surface area contributed by atoms with Crippen LogP contribution in [0, 0.1) is 32.1 Å². The van der Waals surface area contributed by atoms with Crippen LogP contribution in [-0.4, -0.2) is 15.8 Å². The van der Waals surface area contributed by atoms with Crippen molar-refractivity contribution in [3.05, 3.63) is 50.9 Å². The fraction of sp³-hybridized carbons (Fsp3) is 0.211. The Morgan fingerprint density at radius 1 is 1.40 bits per heavy atom. The van der Waals surface area contributed by atoms with E-state index in [4.69, 9.17) is 4.42 Å². The van der Waals surface area contributed by atoms with E-state index in [1.807, 2.05) is 20.8 Å². The van der Waals surface area contributed by atoms with Gasteiger partial charge in [-0.1, -0.05) is 0 Å². The number of hydrogen-bond donors (Lipinski definition) is 1. The first-order chi connectivity index (χ1) is 11.9. The molecule has 0 fully saturated rings. The summed E-state index contributed by atoms with van der Waals surface area (Å²) in [4.78, 5) is 20.8. The predicted molar refractivity (Wildman–Crippen MR) is 98.3 cm³/mol. The summed E-state index contributed by atoms with van der Waals surface area (Å²) in [5, 5.41) is 10.1. The summed E-state index contributed by atoms with van der Waals surface area (Å²) in [5.74, 6) is 0.637. The van der Waals surface area contributed by atoms with Crippen molar-refractivity contribution in [1.29, 1.82) is 5.26 Å². The standard InChI is InChI=1S/C19H17N3O2S/c1-10-16(12(3)23)11(2)21-17(10)18-13(4)25-19(22-18)14(9-20)8-15-6-5-7-24-15/h5-8,21H,1-4H3/b14-8+. The Kier molecular flexibility index (Phi) is 4.43. The first-order valence-corrected chi connectivity index (χ1v) is 8.57. The number of nitrogens with one attached hydrogen (secondary N) is 1. The topological polar surface area (TPSA) is 82.7 Å². The van der Waals surface area contributed by atoms with Crippen LogP contribution in [0.2, 0.25) is 0 Å². The van der Waals surface area contributed by atoms with Gasteiger partial charge in [-0.05, 0) is 45.4 Å².